The number of carboxylic acids is 1. The Balaban J connectivity index is 2.45. The van der Waals surface area contributed by atoms with Gasteiger partial charge in [-0.15, -0.1) is 11.3 Å². The molecule has 0 fully saturated rings. The number of hydrogen-bond donors (Lipinski definition) is 3. The topological polar surface area (TPSA) is 118 Å². The van der Waals surface area contributed by atoms with Crippen LogP contribution < -0.4 is 10.6 Å². The Hall–Kier alpha value is -2.16. The molecule has 1 atom stereocenters. The van der Waals surface area contributed by atoms with Gasteiger partial charge in [0.15, 0.2) is 0 Å². The summed E-state index contributed by atoms with van der Waals surface area (Å²) >= 11 is 1.43. The van der Waals surface area contributed by atoms with Crippen molar-refractivity contribution in [3.8, 4) is 0 Å². The van der Waals surface area contributed by atoms with Crippen LogP contribution in [-0.2, 0) is 20.9 Å². The van der Waals surface area contributed by atoms with Crippen molar-refractivity contribution < 1.29 is 24.2 Å². The Kier molecular flexibility index (Phi) is 5.91. The molecular formula is C11H15N3O5S. The molecule has 0 aliphatic rings. The fourth-order valence-electron chi connectivity index (χ4n) is 1.30. The molecule has 1 aromatic heterocycles. The van der Waals surface area contributed by atoms with Gasteiger partial charge in [0.2, 0.25) is 0 Å². The van der Waals surface area contributed by atoms with Crippen LogP contribution in [0, 0.1) is 6.92 Å². The van der Waals surface area contributed by atoms with Gasteiger partial charge in [0.1, 0.15) is 11.0 Å². The molecule has 0 aliphatic heterocycles. The van der Waals surface area contributed by atoms with E-state index < -0.39 is 30.4 Å². The van der Waals surface area contributed by atoms with Gasteiger partial charge in [-0.3, -0.25) is 4.79 Å². The van der Waals surface area contributed by atoms with E-state index in [1.165, 1.54) is 11.3 Å². The zero-order valence-electron chi connectivity index (χ0n) is 11.0. The van der Waals surface area contributed by atoms with Gasteiger partial charge in [-0.25, -0.2) is 14.6 Å². The summed E-state index contributed by atoms with van der Waals surface area (Å²) in [6.07, 6.45) is 1.24. The zero-order valence-corrected chi connectivity index (χ0v) is 11.8. The van der Waals surface area contributed by atoms with Crippen molar-refractivity contribution in [1.82, 2.24) is 15.6 Å². The molecule has 1 aromatic rings. The molecule has 2 amide bonds. The third-order valence-corrected chi connectivity index (χ3v) is 3.18. The first-order chi connectivity index (χ1) is 9.42. The van der Waals surface area contributed by atoms with Crippen LogP contribution in [0.1, 0.15) is 16.3 Å². The summed E-state index contributed by atoms with van der Waals surface area (Å²) in [4.78, 5) is 38.5. The lowest BCUT2D eigenvalue weighted by molar-refractivity contribution is -0.147. The highest BCUT2D eigenvalue weighted by atomic mass is 32.1. The molecule has 0 radical (unpaired) electrons. The van der Waals surface area contributed by atoms with E-state index in [0.29, 0.717) is 5.01 Å². The second-order valence-corrected chi connectivity index (χ2v) is 5.18. The molecule has 0 bridgehead atoms. The maximum absolute atomic E-state index is 11.5. The number of hydrogen-bond acceptors (Lipinski definition) is 6. The van der Waals surface area contributed by atoms with E-state index in [9.17, 15) is 14.4 Å². The van der Waals surface area contributed by atoms with Gasteiger partial charge in [-0.1, -0.05) is 0 Å². The van der Waals surface area contributed by atoms with E-state index in [-0.39, 0.29) is 6.54 Å². The molecule has 110 valence electrons. The highest BCUT2D eigenvalue weighted by molar-refractivity contribution is 7.11. The Morgan fingerprint density at radius 3 is 2.70 bits per heavy atom. The minimum atomic E-state index is -1.33. The molecule has 9 heteroatoms. The summed E-state index contributed by atoms with van der Waals surface area (Å²) in [6, 6.07) is -2.02. The number of amides is 2. The number of aromatic nitrogens is 1. The fourth-order valence-corrected chi connectivity index (χ4v) is 2.03. The van der Waals surface area contributed by atoms with Gasteiger partial charge >= 0.3 is 18.0 Å². The van der Waals surface area contributed by atoms with Gasteiger partial charge in [0, 0.05) is 11.1 Å². The van der Waals surface area contributed by atoms with E-state index in [1.54, 1.807) is 6.20 Å². The number of carboxylic acid groups (broad SMARTS) is 1. The lowest BCUT2D eigenvalue weighted by atomic mass is 10.2. The number of nitrogens with zero attached hydrogens (tertiary/aromatic N) is 1. The molecule has 0 unspecified atom stereocenters. The highest BCUT2D eigenvalue weighted by Gasteiger charge is 2.23. The minimum Gasteiger partial charge on any atom is -0.480 e. The van der Waals surface area contributed by atoms with Crippen molar-refractivity contribution >= 4 is 29.3 Å². The molecule has 1 heterocycles. The maximum Gasteiger partial charge on any atom is 0.326 e. The first-order valence-electron chi connectivity index (χ1n) is 5.67. The van der Waals surface area contributed by atoms with Crippen LogP contribution in [0.5, 0.6) is 0 Å². The molecule has 3 N–H and O–H groups in total. The Morgan fingerprint density at radius 1 is 1.50 bits per heavy atom. The Bertz CT molecular complexity index is 502. The van der Waals surface area contributed by atoms with Gasteiger partial charge < -0.3 is 20.5 Å². The number of nitrogens with one attached hydrogen (secondary N) is 2. The number of methoxy groups -OCH3 is 1. The number of ether oxygens (including phenoxy) is 1. The van der Waals surface area contributed by atoms with Crippen LogP contribution in [0.4, 0.5) is 4.79 Å². The summed E-state index contributed by atoms with van der Waals surface area (Å²) in [5.74, 6) is -2.02. The number of rotatable bonds is 6. The van der Waals surface area contributed by atoms with E-state index in [1.807, 2.05) is 6.92 Å². The largest absolute Gasteiger partial charge is 0.480 e. The minimum absolute atomic E-state index is 0.189. The standard InChI is InChI=1S/C11H15N3O5S/c1-6-4-12-8(20-6)5-13-11(18)14-7(10(16)17)3-9(15)19-2/h4,7H,3,5H2,1-2H3,(H,16,17)(H2,13,14,18)/t7-/m0/s1. The van der Waals surface area contributed by atoms with E-state index in [0.717, 1.165) is 12.0 Å². The smallest absolute Gasteiger partial charge is 0.326 e. The second-order valence-electron chi connectivity index (χ2n) is 3.86. The summed E-state index contributed by atoms with van der Waals surface area (Å²) < 4.78 is 4.36. The van der Waals surface area contributed by atoms with Crippen molar-refractivity contribution in [3.05, 3.63) is 16.1 Å². The molecule has 1 rings (SSSR count). The van der Waals surface area contributed by atoms with E-state index in [4.69, 9.17) is 5.11 Å². The van der Waals surface area contributed by atoms with Crippen molar-refractivity contribution in [1.29, 1.82) is 0 Å². The molecule has 0 aromatic carbocycles. The van der Waals surface area contributed by atoms with Crippen LogP contribution in [0.15, 0.2) is 6.20 Å². The first-order valence-corrected chi connectivity index (χ1v) is 6.49. The molecular weight excluding hydrogens is 286 g/mol. The molecule has 0 saturated carbocycles. The van der Waals surface area contributed by atoms with E-state index >= 15 is 0 Å². The van der Waals surface area contributed by atoms with Crippen LogP contribution in [0.3, 0.4) is 0 Å². The number of carbonyl (C=O) groups is 3. The first kappa shape index (κ1) is 15.9. The molecule has 0 aliphatic carbocycles. The van der Waals surface area contributed by atoms with E-state index in [2.05, 4.69) is 20.4 Å². The monoisotopic (exact) mass is 301 g/mol. The number of thiazole rings is 1. The average molecular weight is 301 g/mol. The number of urea groups is 1. The molecule has 20 heavy (non-hydrogen) atoms. The van der Waals surface area contributed by atoms with Crippen LogP contribution in [-0.4, -0.2) is 41.2 Å². The SMILES string of the molecule is COC(=O)C[C@H](NC(=O)NCc1ncc(C)s1)C(=O)O. The van der Waals surface area contributed by atoms with Crippen molar-refractivity contribution in [2.45, 2.75) is 25.9 Å². The summed E-state index contributed by atoms with van der Waals surface area (Å²) in [6.45, 7) is 2.08. The highest BCUT2D eigenvalue weighted by Crippen LogP contribution is 2.10. The normalized spacial score (nSPS) is 11.5. The van der Waals surface area contributed by atoms with Gasteiger partial charge in [-0.05, 0) is 6.92 Å². The maximum atomic E-state index is 11.5. The fraction of sp³-hybridized carbons (Fsp3) is 0.455. The number of aryl methyl sites for hydroxylation is 1. The molecule has 8 nitrogen and oxygen atoms in total. The average Bonchev–Trinajstić information content (AvgIpc) is 2.81. The summed E-state index contributed by atoms with van der Waals surface area (Å²) in [5.41, 5.74) is 0. The summed E-state index contributed by atoms with van der Waals surface area (Å²) in [7, 11) is 1.14. The van der Waals surface area contributed by atoms with Gasteiger partial charge in [0.25, 0.3) is 0 Å². The van der Waals surface area contributed by atoms with Crippen molar-refractivity contribution in [2.24, 2.45) is 0 Å². The van der Waals surface area contributed by atoms with Crippen molar-refractivity contribution in [2.75, 3.05) is 7.11 Å². The zero-order chi connectivity index (χ0) is 15.1. The number of carbonyl (C=O) groups excluding carboxylic acids is 2. The third-order valence-electron chi connectivity index (χ3n) is 2.27. The molecule has 0 saturated heterocycles. The van der Waals surface area contributed by atoms with Crippen LogP contribution >= 0.6 is 11.3 Å². The third kappa shape index (κ3) is 5.22. The predicted octanol–water partition coefficient (Wildman–Crippen LogP) is 0.267. The van der Waals surface area contributed by atoms with Crippen LogP contribution in [0.25, 0.3) is 0 Å². The Labute approximate surface area is 119 Å². The lowest BCUT2D eigenvalue weighted by Gasteiger charge is -2.13. The van der Waals surface area contributed by atoms with Crippen LogP contribution in [0.2, 0.25) is 0 Å². The van der Waals surface area contributed by atoms with Gasteiger partial charge in [-0.2, -0.15) is 0 Å². The summed E-state index contributed by atoms with van der Waals surface area (Å²) in [5, 5.41) is 14.3. The predicted molar refractivity (Wildman–Crippen MR) is 70.3 cm³/mol. The van der Waals surface area contributed by atoms with Crippen molar-refractivity contribution in [3.63, 3.8) is 0 Å². The Morgan fingerprint density at radius 2 is 2.20 bits per heavy atom. The number of esters is 1. The lowest BCUT2D eigenvalue weighted by Crippen LogP contribution is -2.46. The second kappa shape index (κ2) is 7.43. The number of aliphatic carboxylic acids is 1. The van der Waals surface area contributed by atoms with Gasteiger partial charge in [0.05, 0.1) is 20.1 Å². The molecule has 0 spiro atoms. The quantitative estimate of drug-likeness (QED) is 0.649.